The largest absolute Gasteiger partial charge is 0.394 e. The minimum atomic E-state index is -0.553. The van der Waals surface area contributed by atoms with Crippen molar-refractivity contribution in [2.45, 2.75) is 43.7 Å². The smallest absolute Gasteiger partial charge is 0.261 e. The van der Waals surface area contributed by atoms with Crippen LogP contribution in [0, 0.1) is 11.7 Å². The van der Waals surface area contributed by atoms with E-state index < -0.39 is 11.7 Å². The molecule has 1 aliphatic carbocycles. The second-order valence-electron chi connectivity index (χ2n) is 8.52. The molecule has 5 rings (SSSR count). The fourth-order valence-electron chi connectivity index (χ4n) is 5.55. The van der Waals surface area contributed by atoms with Gasteiger partial charge in [-0.1, -0.05) is 43.2 Å². The lowest BCUT2D eigenvalue weighted by molar-refractivity contribution is -0.154. The molecule has 0 aromatic heterocycles. The van der Waals surface area contributed by atoms with Gasteiger partial charge in [0.1, 0.15) is 5.82 Å². The molecular weight excluding hydrogens is 383 g/mol. The van der Waals surface area contributed by atoms with E-state index in [-0.39, 0.29) is 42.0 Å². The number of fused-ring (bicyclic) bond motifs is 3. The normalized spacial score (nSPS) is 25.5. The van der Waals surface area contributed by atoms with Crippen LogP contribution in [0.4, 0.5) is 10.1 Å². The molecule has 3 atom stereocenters. The van der Waals surface area contributed by atoms with E-state index in [2.05, 4.69) is 0 Å². The summed E-state index contributed by atoms with van der Waals surface area (Å²) in [5.41, 5.74) is 1.70. The van der Waals surface area contributed by atoms with Gasteiger partial charge < -0.3 is 14.9 Å². The first-order valence-corrected chi connectivity index (χ1v) is 10.7. The molecule has 2 amide bonds. The molecule has 1 saturated carbocycles. The third kappa shape index (κ3) is 2.85. The molecule has 0 bridgehead atoms. The van der Waals surface area contributed by atoms with Gasteiger partial charge in [0.05, 0.1) is 24.3 Å². The molecule has 0 spiro atoms. The van der Waals surface area contributed by atoms with Gasteiger partial charge in [-0.3, -0.25) is 9.59 Å². The number of para-hydroxylation sites is 1. The number of hydrogen-bond acceptors (Lipinski definition) is 3. The van der Waals surface area contributed by atoms with Crippen LogP contribution in [0.15, 0.2) is 48.5 Å². The Morgan fingerprint density at radius 3 is 2.47 bits per heavy atom. The second kappa shape index (κ2) is 7.51. The van der Waals surface area contributed by atoms with E-state index in [1.807, 2.05) is 24.3 Å². The number of nitrogens with zero attached hydrogens (tertiary/aromatic N) is 2. The van der Waals surface area contributed by atoms with E-state index in [1.165, 1.54) is 12.1 Å². The number of rotatable bonds is 3. The van der Waals surface area contributed by atoms with E-state index in [4.69, 9.17) is 0 Å². The van der Waals surface area contributed by atoms with Crippen molar-refractivity contribution < 1.29 is 19.1 Å². The summed E-state index contributed by atoms with van der Waals surface area (Å²) in [6.45, 7) is 0.207. The Kier molecular flexibility index (Phi) is 4.82. The first-order valence-electron chi connectivity index (χ1n) is 10.7. The predicted molar refractivity (Wildman–Crippen MR) is 111 cm³/mol. The molecule has 2 fully saturated rings. The molecule has 156 valence electrons. The number of halogens is 1. The Labute approximate surface area is 175 Å². The van der Waals surface area contributed by atoms with Gasteiger partial charge in [-0.15, -0.1) is 0 Å². The summed E-state index contributed by atoms with van der Waals surface area (Å²) in [7, 11) is 0. The molecule has 2 aliphatic heterocycles. The molecule has 0 radical (unpaired) electrons. The van der Waals surface area contributed by atoms with E-state index in [0.29, 0.717) is 6.54 Å². The van der Waals surface area contributed by atoms with Crippen LogP contribution >= 0.6 is 0 Å². The SMILES string of the molecule is O=C(c1ccccc1F)N1C[C@@H]2[C@H](c3ccccc31)[C@H](CO)N2C(=O)C1CCCC1. The van der Waals surface area contributed by atoms with Crippen molar-refractivity contribution in [3.63, 3.8) is 0 Å². The third-order valence-corrected chi connectivity index (χ3v) is 7.00. The van der Waals surface area contributed by atoms with Crippen molar-refractivity contribution in [3.05, 3.63) is 65.5 Å². The molecule has 1 N–H and O–H groups in total. The Balaban J connectivity index is 1.52. The molecule has 0 unspecified atom stereocenters. The highest BCUT2D eigenvalue weighted by Crippen LogP contribution is 2.49. The van der Waals surface area contributed by atoms with Gasteiger partial charge >= 0.3 is 0 Å². The maximum Gasteiger partial charge on any atom is 0.261 e. The number of anilines is 1. The van der Waals surface area contributed by atoms with E-state index in [9.17, 15) is 19.1 Å². The highest BCUT2D eigenvalue weighted by Gasteiger charge is 2.56. The molecule has 5 nitrogen and oxygen atoms in total. The van der Waals surface area contributed by atoms with Crippen molar-refractivity contribution in [1.29, 1.82) is 0 Å². The second-order valence-corrected chi connectivity index (χ2v) is 8.52. The molecule has 2 heterocycles. The number of amides is 2. The average molecular weight is 408 g/mol. The maximum absolute atomic E-state index is 14.3. The lowest BCUT2D eigenvalue weighted by Crippen LogP contribution is -2.71. The van der Waals surface area contributed by atoms with Crippen LogP contribution in [0.25, 0.3) is 0 Å². The number of benzene rings is 2. The number of carbonyl (C=O) groups excluding carboxylic acids is 2. The van der Waals surface area contributed by atoms with Crippen LogP contribution < -0.4 is 4.90 Å². The summed E-state index contributed by atoms with van der Waals surface area (Å²) >= 11 is 0. The molecular formula is C24H25FN2O3. The summed E-state index contributed by atoms with van der Waals surface area (Å²) < 4.78 is 14.3. The molecule has 30 heavy (non-hydrogen) atoms. The number of carbonyl (C=O) groups is 2. The van der Waals surface area contributed by atoms with E-state index in [0.717, 1.165) is 36.9 Å². The zero-order valence-corrected chi connectivity index (χ0v) is 16.7. The Bertz CT molecular complexity index is 988. The van der Waals surface area contributed by atoms with Crippen molar-refractivity contribution in [2.24, 2.45) is 5.92 Å². The topological polar surface area (TPSA) is 60.9 Å². The number of aliphatic hydroxyl groups is 1. The quantitative estimate of drug-likeness (QED) is 0.848. The van der Waals surface area contributed by atoms with Gasteiger partial charge in [0.25, 0.3) is 5.91 Å². The fraction of sp³-hybridized carbons (Fsp3) is 0.417. The predicted octanol–water partition coefficient (Wildman–Crippen LogP) is 3.33. The fourth-order valence-corrected chi connectivity index (χ4v) is 5.55. The van der Waals surface area contributed by atoms with Crippen molar-refractivity contribution in [2.75, 3.05) is 18.1 Å². The molecule has 2 aromatic carbocycles. The summed E-state index contributed by atoms with van der Waals surface area (Å²) in [5.74, 6) is -0.873. The van der Waals surface area contributed by atoms with Crippen LogP contribution in [0.2, 0.25) is 0 Å². The molecule has 2 aromatic rings. The van der Waals surface area contributed by atoms with Crippen LogP contribution in [0.1, 0.15) is 47.5 Å². The van der Waals surface area contributed by atoms with Crippen LogP contribution in [0.5, 0.6) is 0 Å². The van der Waals surface area contributed by atoms with E-state index in [1.54, 1.807) is 21.9 Å². The first kappa shape index (κ1) is 19.2. The zero-order valence-electron chi connectivity index (χ0n) is 16.7. The maximum atomic E-state index is 14.3. The van der Waals surface area contributed by atoms with Gasteiger partial charge in [0.15, 0.2) is 0 Å². The van der Waals surface area contributed by atoms with Crippen LogP contribution in [0.3, 0.4) is 0 Å². The van der Waals surface area contributed by atoms with Crippen molar-refractivity contribution in [3.8, 4) is 0 Å². The third-order valence-electron chi connectivity index (χ3n) is 7.00. The Morgan fingerprint density at radius 1 is 1.03 bits per heavy atom. The summed E-state index contributed by atoms with van der Waals surface area (Å²) in [6, 6.07) is 13.1. The van der Waals surface area contributed by atoms with Gasteiger partial charge in [-0.05, 0) is 36.6 Å². The Hall–Kier alpha value is -2.73. The lowest BCUT2D eigenvalue weighted by Gasteiger charge is -2.59. The minimum Gasteiger partial charge on any atom is -0.394 e. The molecule has 1 saturated heterocycles. The van der Waals surface area contributed by atoms with Crippen LogP contribution in [-0.4, -0.2) is 47.1 Å². The van der Waals surface area contributed by atoms with Crippen molar-refractivity contribution >= 4 is 17.5 Å². The molecule has 3 aliphatic rings. The van der Waals surface area contributed by atoms with E-state index >= 15 is 0 Å². The van der Waals surface area contributed by atoms with Gasteiger partial charge in [-0.2, -0.15) is 0 Å². The number of hydrogen-bond donors (Lipinski definition) is 1. The number of likely N-dealkylation sites (tertiary alicyclic amines) is 1. The van der Waals surface area contributed by atoms with Gasteiger partial charge in [0, 0.05) is 24.1 Å². The number of aliphatic hydroxyl groups excluding tert-OH is 1. The van der Waals surface area contributed by atoms with Gasteiger partial charge in [-0.25, -0.2) is 4.39 Å². The van der Waals surface area contributed by atoms with Crippen molar-refractivity contribution in [1.82, 2.24) is 4.90 Å². The highest BCUT2D eigenvalue weighted by molar-refractivity contribution is 6.07. The lowest BCUT2D eigenvalue weighted by atomic mass is 9.71. The zero-order chi connectivity index (χ0) is 20.8. The Morgan fingerprint density at radius 2 is 1.73 bits per heavy atom. The van der Waals surface area contributed by atoms with Crippen LogP contribution in [-0.2, 0) is 4.79 Å². The van der Waals surface area contributed by atoms with Gasteiger partial charge in [0.2, 0.25) is 5.91 Å². The monoisotopic (exact) mass is 408 g/mol. The standard InChI is InChI=1S/C24H25FN2O3/c25-18-11-5-3-9-16(18)24(30)26-13-20-22(17-10-4-6-12-19(17)26)21(14-28)27(20)23(29)15-7-1-2-8-15/h3-6,9-12,15,20-22,28H,1-2,7-8,13-14H2/t20-,21+,22+/m1/s1. The summed E-state index contributed by atoms with van der Waals surface area (Å²) in [6.07, 6.45) is 3.89. The average Bonchev–Trinajstić information content (AvgIpc) is 3.29. The summed E-state index contributed by atoms with van der Waals surface area (Å²) in [4.78, 5) is 29.9. The summed E-state index contributed by atoms with van der Waals surface area (Å²) in [5, 5.41) is 10.1. The molecule has 6 heteroatoms. The first-order chi connectivity index (χ1) is 14.6. The highest BCUT2D eigenvalue weighted by atomic mass is 19.1. The minimum absolute atomic E-state index is 0.00731.